The molecule has 0 atom stereocenters. The number of rotatable bonds is 0. The maximum atomic E-state index is 4.48. The average Bonchev–Trinajstić information content (AvgIpc) is 3.19. The van der Waals surface area contributed by atoms with Crippen LogP contribution in [0.25, 0.3) is 11.2 Å². The van der Waals surface area contributed by atoms with Crippen molar-refractivity contribution in [3.63, 3.8) is 0 Å². The molecule has 136 valence electrons. The van der Waals surface area contributed by atoms with Crippen LogP contribution in [0.15, 0.2) is 49.1 Å². The van der Waals surface area contributed by atoms with E-state index in [1.807, 2.05) is 41.2 Å². The molecular formula is C20H26N6. The molecular weight excluding hydrogens is 324 g/mol. The Hall–Kier alpha value is -2.76. The Morgan fingerprint density at radius 1 is 0.846 bits per heavy atom. The van der Waals surface area contributed by atoms with Gasteiger partial charge in [0, 0.05) is 23.2 Å². The van der Waals surface area contributed by atoms with Crippen molar-refractivity contribution in [1.82, 2.24) is 29.2 Å². The van der Waals surface area contributed by atoms with E-state index in [0.29, 0.717) is 0 Å². The Labute approximate surface area is 153 Å². The second kappa shape index (κ2) is 6.52. The summed E-state index contributed by atoms with van der Waals surface area (Å²) >= 11 is 0. The predicted octanol–water partition coefficient (Wildman–Crippen LogP) is 4.05. The van der Waals surface area contributed by atoms with Crippen LogP contribution in [0.3, 0.4) is 0 Å². The minimum atomic E-state index is 0.0424. The highest BCUT2D eigenvalue weighted by molar-refractivity contribution is 5.44. The number of hydrogen-bond donors (Lipinski definition) is 0. The number of imidazole rings is 2. The van der Waals surface area contributed by atoms with Crippen molar-refractivity contribution in [2.24, 2.45) is 0 Å². The standard InChI is InChI=1S/2C10H13N3/c1-10(2,3)8-7-13-9(12-8)5-4-6-11-13;1-10(2,3)9-11-7-8-5-4-6-12-13(8)9/h2*4-7H,1-3H3. The Bertz CT molecular complexity index is 973. The van der Waals surface area contributed by atoms with Crippen molar-refractivity contribution in [1.29, 1.82) is 0 Å². The lowest BCUT2D eigenvalue weighted by molar-refractivity contribution is 0.530. The first-order valence-electron chi connectivity index (χ1n) is 8.76. The van der Waals surface area contributed by atoms with Gasteiger partial charge in [0.05, 0.1) is 23.6 Å². The molecule has 0 radical (unpaired) electrons. The van der Waals surface area contributed by atoms with Gasteiger partial charge in [0.25, 0.3) is 0 Å². The lowest BCUT2D eigenvalue weighted by Crippen LogP contribution is -2.16. The first-order chi connectivity index (χ1) is 12.2. The quantitative estimate of drug-likeness (QED) is 0.480. The molecule has 0 unspecified atom stereocenters. The fourth-order valence-electron chi connectivity index (χ4n) is 2.54. The van der Waals surface area contributed by atoms with Gasteiger partial charge in [0.1, 0.15) is 5.82 Å². The van der Waals surface area contributed by atoms with Crippen LogP contribution in [0.1, 0.15) is 53.1 Å². The summed E-state index contributed by atoms with van der Waals surface area (Å²) in [6.45, 7) is 12.8. The molecule has 0 aliphatic carbocycles. The van der Waals surface area contributed by atoms with Crippen molar-refractivity contribution < 1.29 is 0 Å². The highest BCUT2D eigenvalue weighted by Crippen LogP contribution is 2.21. The summed E-state index contributed by atoms with van der Waals surface area (Å²) in [5.74, 6) is 1.00. The van der Waals surface area contributed by atoms with Gasteiger partial charge in [-0.2, -0.15) is 10.2 Å². The molecule has 0 spiro atoms. The fraction of sp³-hybridized carbons (Fsp3) is 0.400. The van der Waals surface area contributed by atoms with Gasteiger partial charge in [-0.3, -0.25) is 0 Å². The van der Waals surface area contributed by atoms with E-state index in [9.17, 15) is 0 Å². The molecule has 0 aromatic carbocycles. The molecule has 0 aliphatic heterocycles. The van der Waals surface area contributed by atoms with Crippen LogP contribution >= 0.6 is 0 Å². The second-order valence-corrected chi connectivity index (χ2v) is 8.39. The summed E-state index contributed by atoms with van der Waals surface area (Å²) in [4.78, 5) is 8.85. The monoisotopic (exact) mass is 350 g/mol. The minimum Gasteiger partial charge on any atom is -0.239 e. The third-order valence-electron chi connectivity index (χ3n) is 3.98. The lowest BCUT2D eigenvalue weighted by Gasteiger charge is -2.15. The van der Waals surface area contributed by atoms with Gasteiger partial charge in [0.2, 0.25) is 0 Å². The zero-order valence-electron chi connectivity index (χ0n) is 16.3. The van der Waals surface area contributed by atoms with Gasteiger partial charge < -0.3 is 0 Å². The Morgan fingerprint density at radius 3 is 2.19 bits per heavy atom. The first kappa shape index (κ1) is 18.0. The molecule has 0 saturated carbocycles. The summed E-state index contributed by atoms with van der Waals surface area (Å²) in [7, 11) is 0. The van der Waals surface area contributed by atoms with Crippen LogP contribution in [0.2, 0.25) is 0 Å². The normalized spacial score (nSPS) is 12.2. The highest BCUT2D eigenvalue weighted by Gasteiger charge is 2.19. The van der Waals surface area contributed by atoms with Gasteiger partial charge >= 0.3 is 0 Å². The number of fused-ring (bicyclic) bond motifs is 2. The molecule has 0 bridgehead atoms. The van der Waals surface area contributed by atoms with Crippen molar-refractivity contribution >= 4 is 11.2 Å². The summed E-state index contributed by atoms with van der Waals surface area (Å²) in [5.41, 5.74) is 3.17. The van der Waals surface area contributed by atoms with Crippen LogP contribution < -0.4 is 0 Å². The largest absolute Gasteiger partial charge is 0.239 e. The highest BCUT2D eigenvalue weighted by atomic mass is 15.3. The van der Waals surface area contributed by atoms with E-state index in [2.05, 4.69) is 61.7 Å². The first-order valence-corrected chi connectivity index (χ1v) is 8.76. The SMILES string of the molecule is CC(C)(C)c1cn2ncccc2n1.CC(C)(C)c1ncc2cccnn12. The van der Waals surface area contributed by atoms with Gasteiger partial charge in [-0.1, -0.05) is 41.5 Å². The van der Waals surface area contributed by atoms with Crippen molar-refractivity contribution in [3.05, 3.63) is 60.6 Å². The molecule has 4 rings (SSSR count). The van der Waals surface area contributed by atoms with E-state index in [4.69, 9.17) is 0 Å². The van der Waals surface area contributed by atoms with Crippen LogP contribution in [0.5, 0.6) is 0 Å². The smallest absolute Gasteiger partial charge is 0.153 e. The van der Waals surface area contributed by atoms with Crippen LogP contribution in [-0.4, -0.2) is 29.2 Å². The second-order valence-electron chi connectivity index (χ2n) is 8.39. The van der Waals surface area contributed by atoms with E-state index in [1.165, 1.54) is 0 Å². The maximum Gasteiger partial charge on any atom is 0.153 e. The van der Waals surface area contributed by atoms with Gasteiger partial charge in [-0.05, 0) is 24.3 Å². The number of nitrogens with zero attached hydrogens (tertiary/aromatic N) is 6. The zero-order chi connectivity index (χ0) is 18.9. The van der Waals surface area contributed by atoms with Crippen LogP contribution in [0, 0.1) is 0 Å². The Morgan fingerprint density at radius 2 is 1.54 bits per heavy atom. The van der Waals surface area contributed by atoms with E-state index in [-0.39, 0.29) is 10.8 Å². The van der Waals surface area contributed by atoms with Gasteiger partial charge in [0.15, 0.2) is 5.65 Å². The summed E-state index contributed by atoms with van der Waals surface area (Å²) in [6, 6.07) is 7.79. The lowest BCUT2D eigenvalue weighted by atomic mass is 9.93. The third-order valence-corrected chi connectivity index (χ3v) is 3.98. The topological polar surface area (TPSA) is 60.4 Å². The van der Waals surface area contributed by atoms with Crippen molar-refractivity contribution in [3.8, 4) is 0 Å². The van der Waals surface area contributed by atoms with Gasteiger partial charge in [-0.25, -0.2) is 19.0 Å². The molecule has 4 aromatic heterocycles. The Kier molecular flexibility index (Phi) is 4.52. The molecule has 0 amide bonds. The maximum absolute atomic E-state index is 4.48. The Balaban J connectivity index is 0.000000151. The molecule has 0 N–H and O–H groups in total. The van der Waals surface area contributed by atoms with Crippen molar-refractivity contribution in [2.75, 3.05) is 0 Å². The fourth-order valence-corrected chi connectivity index (χ4v) is 2.54. The van der Waals surface area contributed by atoms with E-state index < -0.39 is 0 Å². The number of hydrogen-bond acceptors (Lipinski definition) is 4. The van der Waals surface area contributed by atoms with Crippen LogP contribution in [0.4, 0.5) is 0 Å². The molecule has 4 aromatic rings. The third kappa shape index (κ3) is 3.74. The summed E-state index contributed by atoms with van der Waals surface area (Å²) in [6.07, 6.45) is 7.38. The average molecular weight is 350 g/mol. The van der Waals surface area contributed by atoms with Crippen LogP contribution in [-0.2, 0) is 10.8 Å². The van der Waals surface area contributed by atoms with E-state index in [0.717, 1.165) is 22.7 Å². The molecule has 0 saturated heterocycles. The molecule has 6 heteroatoms. The number of aromatic nitrogens is 6. The molecule has 0 fully saturated rings. The summed E-state index contributed by atoms with van der Waals surface area (Å²) < 4.78 is 3.70. The predicted molar refractivity (Wildman–Crippen MR) is 103 cm³/mol. The molecule has 0 aliphatic rings. The minimum absolute atomic E-state index is 0.0424. The van der Waals surface area contributed by atoms with Crippen molar-refractivity contribution in [2.45, 2.75) is 52.4 Å². The van der Waals surface area contributed by atoms with Gasteiger partial charge in [-0.15, -0.1) is 0 Å². The molecule has 26 heavy (non-hydrogen) atoms. The zero-order valence-corrected chi connectivity index (χ0v) is 16.3. The summed E-state index contributed by atoms with van der Waals surface area (Å²) in [5, 5.41) is 8.43. The molecule has 6 nitrogen and oxygen atoms in total. The molecule has 4 heterocycles. The van der Waals surface area contributed by atoms with E-state index >= 15 is 0 Å². The van der Waals surface area contributed by atoms with E-state index in [1.54, 1.807) is 16.9 Å².